The SMILES string of the molecule is Cc1cc(NC(=O)[C@@H](C)OC(=O)c2ccc(-n3c(C)ccc3C)cc2)no1. The predicted molar refractivity (Wildman–Crippen MR) is 100.0 cm³/mol. The molecule has 1 N–H and O–H groups in total. The number of aryl methyl sites for hydroxylation is 3. The number of carbonyl (C=O) groups excluding carboxylic acids is 2. The van der Waals surface area contributed by atoms with Crippen LogP contribution in [0.2, 0.25) is 0 Å². The molecule has 0 radical (unpaired) electrons. The van der Waals surface area contributed by atoms with Crippen LogP contribution >= 0.6 is 0 Å². The Bertz CT molecular complexity index is 950. The number of carbonyl (C=O) groups is 2. The summed E-state index contributed by atoms with van der Waals surface area (Å²) in [5, 5.41) is 6.21. The van der Waals surface area contributed by atoms with Gasteiger partial charge in [-0.2, -0.15) is 0 Å². The summed E-state index contributed by atoms with van der Waals surface area (Å²) in [5.74, 6) is -0.196. The van der Waals surface area contributed by atoms with Crippen LogP contribution in [0.4, 0.5) is 5.82 Å². The summed E-state index contributed by atoms with van der Waals surface area (Å²) >= 11 is 0. The van der Waals surface area contributed by atoms with E-state index in [0.717, 1.165) is 17.1 Å². The van der Waals surface area contributed by atoms with E-state index in [-0.39, 0.29) is 5.82 Å². The van der Waals surface area contributed by atoms with Gasteiger partial charge < -0.3 is 19.1 Å². The molecule has 0 aliphatic rings. The molecule has 27 heavy (non-hydrogen) atoms. The van der Waals surface area contributed by atoms with Gasteiger partial charge in [0.15, 0.2) is 11.9 Å². The van der Waals surface area contributed by atoms with Crippen LogP contribution < -0.4 is 5.32 Å². The van der Waals surface area contributed by atoms with Crippen LogP contribution in [0.5, 0.6) is 0 Å². The third kappa shape index (κ3) is 4.08. The molecular weight excluding hydrogens is 346 g/mol. The lowest BCUT2D eigenvalue weighted by Crippen LogP contribution is -2.30. The highest BCUT2D eigenvalue weighted by Crippen LogP contribution is 2.17. The standard InChI is InChI=1S/C20H21N3O4/c1-12-5-6-13(2)23(12)17-9-7-16(8-10-17)20(25)26-15(4)19(24)21-18-11-14(3)27-22-18/h5-11,15H,1-4H3,(H,21,22,24)/t15-/m1/s1. The summed E-state index contributed by atoms with van der Waals surface area (Å²) in [7, 11) is 0. The van der Waals surface area contributed by atoms with Gasteiger partial charge in [0.2, 0.25) is 0 Å². The monoisotopic (exact) mass is 367 g/mol. The van der Waals surface area contributed by atoms with Gasteiger partial charge in [-0.25, -0.2) is 4.79 Å². The van der Waals surface area contributed by atoms with Crippen molar-refractivity contribution in [2.45, 2.75) is 33.8 Å². The third-order valence-corrected chi connectivity index (χ3v) is 4.16. The number of ether oxygens (including phenoxy) is 1. The fraction of sp³-hybridized carbons (Fsp3) is 0.250. The van der Waals surface area contributed by atoms with Crippen molar-refractivity contribution < 1.29 is 18.8 Å². The molecule has 0 spiro atoms. The molecule has 7 nitrogen and oxygen atoms in total. The van der Waals surface area contributed by atoms with Gasteiger partial charge in [0.1, 0.15) is 5.76 Å². The van der Waals surface area contributed by atoms with Gasteiger partial charge in [-0.1, -0.05) is 5.16 Å². The Morgan fingerprint density at radius 2 is 1.70 bits per heavy atom. The number of benzene rings is 1. The number of rotatable bonds is 5. The normalized spacial score (nSPS) is 11.9. The zero-order valence-corrected chi connectivity index (χ0v) is 15.6. The second-order valence-corrected chi connectivity index (χ2v) is 6.36. The lowest BCUT2D eigenvalue weighted by molar-refractivity contribution is -0.123. The molecule has 2 heterocycles. The van der Waals surface area contributed by atoms with Crippen molar-refractivity contribution in [2.75, 3.05) is 5.32 Å². The second-order valence-electron chi connectivity index (χ2n) is 6.36. The van der Waals surface area contributed by atoms with Crippen molar-refractivity contribution >= 4 is 17.7 Å². The van der Waals surface area contributed by atoms with Crippen LogP contribution in [0.3, 0.4) is 0 Å². The van der Waals surface area contributed by atoms with Crippen LogP contribution in [0.1, 0.15) is 34.4 Å². The minimum atomic E-state index is -0.969. The van der Waals surface area contributed by atoms with Gasteiger partial charge in [-0.3, -0.25) is 4.79 Å². The first-order chi connectivity index (χ1) is 12.8. The number of aromatic nitrogens is 2. The third-order valence-electron chi connectivity index (χ3n) is 4.16. The quantitative estimate of drug-likeness (QED) is 0.697. The lowest BCUT2D eigenvalue weighted by atomic mass is 10.2. The molecule has 0 aliphatic heterocycles. The summed E-state index contributed by atoms with van der Waals surface area (Å²) < 4.78 is 12.2. The minimum absolute atomic E-state index is 0.280. The Hall–Kier alpha value is -3.35. The minimum Gasteiger partial charge on any atom is -0.449 e. The topological polar surface area (TPSA) is 86.4 Å². The number of amides is 1. The van der Waals surface area contributed by atoms with Crippen LogP contribution in [-0.2, 0) is 9.53 Å². The number of nitrogens with one attached hydrogen (secondary N) is 1. The molecule has 2 aromatic heterocycles. The average molecular weight is 367 g/mol. The van der Waals surface area contributed by atoms with Crippen molar-refractivity contribution in [3.63, 3.8) is 0 Å². The fourth-order valence-electron chi connectivity index (χ4n) is 2.76. The van der Waals surface area contributed by atoms with Crippen LogP contribution in [0.15, 0.2) is 47.0 Å². The largest absolute Gasteiger partial charge is 0.449 e. The van der Waals surface area contributed by atoms with Gasteiger partial charge in [0, 0.05) is 23.1 Å². The van der Waals surface area contributed by atoms with E-state index in [1.54, 1.807) is 25.1 Å². The van der Waals surface area contributed by atoms with Gasteiger partial charge >= 0.3 is 5.97 Å². The lowest BCUT2D eigenvalue weighted by Gasteiger charge is -2.13. The molecular formula is C20H21N3O4. The van der Waals surface area contributed by atoms with Crippen molar-refractivity contribution in [3.8, 4) is 5.69 Å². The maximum Gasteiger partial charge on any atom is 0.338 e. The first-order valence-electron chi connectivity index (χ1n) is 8.55. The molecule has 0 unspecified atom stereocenters. The summed E-state index contributed by atoms with van der Waals surface area (Å²) in [4.78, 5) is 24.4. The van der Waals surface area contributed by atoms with Crippen molar-refractivity contribution in [3.05, 3.63) is 65.2 Å². The summed E-state index contributed by atoms with van der Waals surface area (Å²) in [6.07, 6.45) is -0.969. The number of esters is 1. The Kier molecular flexibility index (Phi) is 5.12. The van der Waals surface area contributed by atoms with Gasteiger partial charge in [0.05, 0.1) is 5.56 Å². The molecule has 3 aromatic rings. The van der Waals surface area contributed by atoms with E-state index < -0.39 is 18.0 Å². The molecule has 0 fully saturated rings. The number of hydrogen-bond acceptors (Lipinski definition) is 5. The van der Waals surface area contributed by atoms with E-state index in [1.807, 2.05) is 38.1 Å². The smallest absolute Gasteiger partial charge is 0.338 e. The number of nitrogens with zero attached hydrogens (tertiary/aromatic N) is 2. The Morgan fingerprint density at radius 3 is 2.26 bits per heavy atom. The molecule has 0 saturated heterocycles. The van der Waals surface area contributed by atoms with Crippen molar-refractivity contribution in [2.24, 2.45) is 0 Å². The zero-order chi connectivity index (χ0) is 19.6. The Balaban J connectivity index is 1.64. The average Bonchev–Trinajstić information content (AvgIpc) is 3.19. The molecule has 1 atom stereocenters. The van der Waals surface area contributed by atoms with Crippen LogP contribution in [0, 0.1) is 20.8 Å². The van der Waals surface area contributed by atoms with Crippen molar-refractivity contribution in [1.29, 1.82) is 0 Å². The maximum absolute atomic E-state index is 12.3. The van der Waals surface area contributed by atoms with Gasteiger partial charge in [0.25, 0.3) is 5.91 Å². The molecule has 1 aromatic carbocycles. The van der Waals surface area contributed by atoms with E-state index >= 15 is 0 Å². The van der Waals surface area contributed by atoms with Crippen LogP contribution in [-0.4, -0.2) is 27.7 Å². The van der Waals surface area contributed by atoms with Gasteiger partial charge in [-0.15, -0.1) is 0 Å². The summed E-state index contributed by atoms with van der Waals surface area (Å²) in [5.41, 5.74) is 3.55. The van der Waals surface area contributed by atoms with Crippen LogP contribution in [0.25, 0.3) is 5.69 Å². The predicted octanol–water partition coefficient (Wildman–Crippen LogP) is 3.57. The fourth-order valence-corrected chi connectivity index (χ4v) is 2.76. The van der Waals surface area contributed by atoms with E-state index in [1.165, 1.54) is 6.92 Å². The van der Waals surface area contributed by atoms with E-state index in [0.29, 0.717) is 11.3 Å². The number of anilines is 1. The Labute approximate surface area is 156 Å². The van der Waals surface area contributed by atoms with Crippen molar-refractivity contribution in [1.82, 2.24) is 9.72 Å². The zero-order valence-electron chi connectivity index (χ0n) is 15.6. The second kappa shape index (κ2) is 7.49. The molecule has 3 rings (SSSR count). The van der Waals surface area contributed by atoms with E-state index in [2.05, 4.69) is 15.0 Å². The van der Waals surface area contributed by atoms with E-state index in [9.17, 15) is 9.59 Å². The van der Waals surface area contributed by atoms with Gasteiger partial charge in [-0.05, 0) is 64.1 Å². The number of hydrogen-bond donors (Lipinski definition) is 1. The maximum atomic E-state index is 12.3. The highest BCUT2D eigenvalue weighted by atomic mass is 16.5. The molecule has 140 valence electrons. The van der Waals surface area contributed by atoms with E-state index in [4.69, 9.17) is 9.26 Å². The first-order valence-corrected chi connectivity index (χ1v) is 8.55. The first kappa shape index (κ1) is 18.4. The Morgan fingerprint density at radius 1 is 1.07 bits per heavy atom. The molecule has 1 amide bonds. The summed E-state index contributed by atoms with van der Waals surface area (Å²) in [6, 6.07) is 12.7. The molecule has 7 heteroatoms. The summed E-state index contributed by atoms with van der Waals surface area (Å²) in [6.45, 7) is 7.26. The molecule has 0 bridgehead atoms. The molecule has 0 saturated carbocycles. The molecule has 0 aliphatic carbocycles. The highest BCUT2D eigenvalue weighted by Gasteiger charge is 2.20. The highest BCUT2D eigenvalue weighted by molar-refractivity contribution is 5.96.